The predicted molar refractivity (Wildman–Crippen MR) is 119 cm³/mol. The molecule has 0 radical (unpaired) electrons. The summed E-state index contributed by atoms with van der Waals surface area (Å²) in [7, 11) is 0. The molecule has 7 nitrogen and oxygen atoms in total. The van der Waals surface area contributed by atoms with Gasteiger partial charge in [-0.05, 0) is 48.4 Å². The van der Waals surface area contributed by atoms with Crippen LogP contribution in [-0.4, -0.2) is 33.1 Å². The Morgan fingerprint density at radius 3 is 2.72 bits per heavy atom. The Labute approximate surface area is 184 Å². The molecule has 1 amide bonds. The van der Waals surface area contributed by atoms with E-state index in [-0.39, 0.29) is 24.4 Å². The lowest BCUT2D eigenvalue weighted by Gasteiger charge is -2.16. The van der Waals surface area contributed by atoms with Crippen LogP contribution in [0.2, 0.25) is 0 Å². The first-order valence-corrected chi connectivity index (χ1v) is 10.4. The number of halogens is 1. The highest BCUT2D eigenvalue weighted by Gasteiger charge is 2.27. The van der Waals surface area contributed by atoms with Crippen LogP contribution >= 0.6 is 0 Å². The Balaban J connectivity index is 1.39. The summed E-state index contributed by atoms with van der Waals surface area (Å²) in [5, 5.41) is 4.56. The summed E-state index contributed by atoms with van der Waals surface area (Å²) in [6, 6.07) is 15.7. The molecule has 8 heteroatoms. The number of nitrogens with two attached hydrogens (primary N) is 1. The van der Waals surface area contributed by atoms with E-state index in [0.717, 1.165) is 28.1 Å². The number of aryl methyl sites for hydroxylation is 1. The third kappa shape index (κ3) is 3.80. The van der Waals surface area contributed by atoms with Crippen molar-refractivity contribution in [3.05, 3.63) is 77.7 Å². The lowest BCUT2D eigenvalue weighted by atomic mass is 10.1. The number of nitrogens with zero attached hydrogens (tertiary/aromatic N) is 4. The number of hydrogen-bond donors (Lipinski definition) is 1. The highest BCUT2D eigenvalue weighted by molar-refractivity contribution is 5.96. The van der Waals surface area contributed by atoms with Gasteiger partial charge in [0, 0.05) is 36.3 Å². The van der Waals surface area contributed by atoms with Gasteiger partial charge >= 0.3 is 0 Å². The van der Waals surface area contributed by atoms with Gasteiger partial charge < -0.3 is 15.4 Å². The molecule has 0 aliphatic carbocycles. The number of ether oxygens (including phenoxy) is 1. The van der Waals surface area contributed by atoms with E-state index < -0.39 is 0 Å². The third-order valence-electron chi connectivity index (χ3n) is 5.65. The lowest BCUT2D eigenvalue weighted by molar-refractivity contribution is -0.117. The second kappa shape index (κ2) is 8.05. The zero-order chi connectivity index (χ0) is 22.2. The molecule has 1 aliphatic heterocycles. The zero-order valence-electron chi connectivity index (χ0n) is 17.5. The number of carbonyl (C=O) groups is 1. The highest BCUT2D eigenvalue weighted by Crippen LogP contribution is 2.27. The normalized spacial score (nSPS) is 16.2. The predicted octanol–water partition coefficient (Wildman–Crippen LogP) is 3.49. The molecule has 32 heavy (non-hydrogen) atoms. The minimum absolute atomic E-state index is 0.0389. The van der Waals surface area contributed by atoms with Gasteiger partial charge in [0.25, 0.3) is 0 Å². The zero-order valence-corrected chi connectivity index (χ0v) is 17.5. The molecule has 0 bridgehead atoms. The van der Waals surface area contributed by atoms with Crippen molar-refractivity contribution in [1.29, 1.82) is 0 Å². The maximum Gasteiger partial charge on any atom is 0.232 e. The molecular formula is C24H22FN5O2. The molecule has 2 aromatic carbocycles. The van der Waals surface area contributed by atoms with Crippen LogP contribution in [0.5, 0.6) is 5.88 Å². The number of fused-ring (bicyclic) bond motifs is 1. The topological polar surface area (TPSA) is 85.7 Å². The Kier molecular flexibility index (Phi) is 5.07. The fourth-order valence-corrected chi connectivity index (χ4v) is 3.87. The van der Waals surface area contributed by atoms with E-state index in [1.54, 1.807) is 27.7 Å². The monoisotopic (exact) mass is 431 g/mol. The molecule has 0 unspecified atom stereocenters. The second-order valence-corrected chi connectivity index (χ2v) is 7.96. The average Bonchev–Trinajstić information content (AvgIpc) is 3.36. The van der Waals surface area contributed by atoms with Gasteiger partial charge in [0.1, 0.15) is 12.4 Å². The van der Waals surface area contributed by atoms with Gasteiger partial charge in [0.05, 0.1) is 11.9 Å². The van der Waals surface area contributed by atoms with Crippen molar-refractivity contribution in [2.24, 2.45) is 5.73 Å². The number of amides is 1. The largest absolute Gasteiger partial charge is 0.472 e. The van der Waals surface area contributed by atoms with Crippen molar-refractivity contribution in [3.63, 3.8) is 0 Å². The van der Waals surface area contributed by atoms with Crippen LogP contribution in [0.25, 0.3) is 16.9 Å². The van der Waals surface area contributed by atoms with Gasteiger partial charge in [-0.25, -0.2) is 13.9 Å². The number of imidazole rings is 1. The van der Waals surface area contributed by atoms with E-state index >= 15 is 0 Å². The highest BCUT2D eigenvalue weighted by atomic mass is 19.1. The number of carbonyl (C=O) groups excluding carboxylic acids is 1. The molecule has 0 spiro atoms. The summed E-state index contributed by atoms with van der Waals surface area (Å²) >= 11 is 0. The standard InChI is InChI=1S/C24H22FN5O2/c1-15-2-5-18(25)10-17(15)14-32-23-9-8-22-27-12-21(30(22)28-23)16-3-6-20(7-4-16)29-13-19(26)11-24(29)31/h2-10,12,19H,11,13-14,26H2,1H3/t19-/m0/s1. The Bertz CT molecular complexity index is 1300. The number of benzene rings is 2. The first-order chi connectivity index (χ1) is 15.5. The summed E-state index contributed by atoms with van der Waals surface area (Å²) in [5.74, 6) is 0.154. The molecule has 3 heterocycles. The molecule has 5 rings (SSSR count). The number of aromatic nitrogens is 3. The first-order valence-electron chi connectivity index (χ1n) is 10.4. The van der Waals surface area contributed by atoms with Crippen molar-refractivity contribution in [3.8, 4) is 17.1 Å². The number of anilines is 1. The maximum atomic E-state index is 13.5. The van der Waals surface area contributed by atoms with Crippen LogP contribution in [0.15, 0.2) is 60.8 Å². The van der Waals surface area contributed by atoms with Crippen LogP contribution in [0.3, 0.4) is 0 Å². The summed E-state index contributed by atoms with van der Waals surface area (Å²) in [4.78, 5) is 18.2. The van der Waals surface area contributed by atoms with Crippen molar-refractivity contribution < 1.29 is 13.9 Å². The van der Waals surface area contributed by atoms with Crippen molar-refractivity contribution in [2.45, 2.75) is 26.0 Å². The molecular weight excluding hydrogens is 409 g/mol. The van der Waals surface area contributed by atoms with Gasteiger partial charge in [0.2, 0.25) is 11.8 Å². The molecule has 1 atom stereocenters. The van der Waals surface area contributed by atoms with E-state index in [9.17, 15) is 9.18 Å². The van der Waals surface area contributed by atoms with Gasteiger partial charge in [0.15, 0.2) is 5.65 Å². The van der Waals surface area contributed by atoms with Crippen molar-refractivity contribution in [1.82, 2.24) is 14.6 Å². The smallest absolute Gasteiger partial charge is 0.232 e. The summed E-state index contributed by atoms with van der Waals surface area (Å²) in [5.41, 5.74) is 10.8. The maximum absolute atomic E-state index is 13.5. The molecule has 162 valence electrons. The van der Waals surface area contributed by atoms with E-state index in [1.165, 1.54) is 12.1 Å². The van der Waals surface area contributed by atoms with Gasteiger partial charge in [-0.1, -0.05) is 18.2 Å². The van der Waals surface area contributed by atoms with Crippen LogP contribution in [-0.2, 0) is 11.4 Å². The molecule has 1 aliphatic rings. The van der Waals surface area contributed by atoms with Crippen LogP contribution in [0.4, 0.5) is 10.1 Å². The molecule has 1 saturated heterocycles. The van der Waals surface area contributed by atoms with E-state index in [4.69, 9.17) is 10.5 Å². The Morgan fingerprint density at radius 2 is 1.97 bits per heavy atom. The molecule has 4 aromatic rings. The fraction of sp³-hybridized carbons (Fsp3) is 0.208. The Hall–Kier alpha value is -3.78. The van der Waals surface area contributed by atoms with E-state index in [0.29, 0.717) is 24.5 Å². The first kappa shape index (κ1) is 20.1. The average molecular weight is 431 g/mol. The summed E-state index contributed by atoms with van der Waals surface area (Å²) in [6.07, 6.45) is 2.12. The van der Waals surface area contributed by atoms with Gasteiger partial charge in [-0.3, -0.25) is 4.79 Å². The van der Waals surface area contributed by atoms with Crippen molar-refractivity contribution >= 4 is 17.2 Å². The molecule has 1 fully saturated rings. The SMILES string of the molecule is Cc1ccc(F)cc1COc1ccc2ncc(-c3ccc(N4C[C@@H](N)CC4=O)cc3)n2n1. The quantitative estimate of drug-likeness (QED) is 0.523. The molecule has 2 aromatic heterocycles. The van der Waals surface area contributed by atoms with Crippen LogP contribution < -0.4 is 15.4 Å². The molecule has 0 saturated carbocycles. The number of rotatable bonds is 5. The van der Waals surface area contributed by atoms with Crippen LogP contribution in [0.1, 0.15) is 17.5 Å². The molecule has 2 N–H and O–H groups in total. The summed E-state index contributed by atoms with van der Waals surface area (Å²) in [6.45, 7) is 2.66. The van der Waals surface area contributed by atoms with E-state index in [1.807, 2.05) is 37.3 Å². The minimum atomic E-state index is -0.296. The van der Waals surface area contributed by atoms with Crippen LogP contribution in [0, 0.1) is 12.7 Å². The minimum Gasteiger partial charge on any atom is -0.472 e. The second-order valence-electron chi connectivity index (χ2n) is 7.96. The number of hydrogen-bond acceptors (Lipinski definition) is 5. The third-order valence-corrected chi connectivity index (χ3v) is 5.65. The van der Waals surface area contributed by atoms with Gasteiger partial charge in [-0.2, -0.15) is 0 Å². The summed E-state index contributed by atoms with van der Waals surface area (Å²) < 4.78 is 21.1. The van der Waals surface area contributed by atoms with Gasteiger partial charge in [-0.15, -0.1) is 5.10 Å². The Morgan fingerprint density at radius 1 is 1.16 bits per heavy atom. The fourth-order valence-electron chi connectivity index (χ4n) is 3.87. The van der Waals surface area contributed by atoms with Crippen molar-refractivity contribution in [2.75, 3.05) is 11.4 Å². The lowest BCUT2D eigenvalue weighted by Crippen LogP contribution is -2.27. The van der Waals surface area contributed by atoms with E-state index in [2.05, 4.69) is 10.1 Å².